The van der Waals surface area contributed by atoms with Crippen LogP contribution in [0.1, 0.15) is 27.2 Å². The van der Waals surface area contributed by atoms with E-state index in [1.54, 1.807) is 0 Å². The summed E-state index contributed by atoms with van der Waals surface area (Å²) in [6, 6.07) is 0. The fraction of sp³-hybridized carbons (Fsp3) is 1.00. The van der Waals surface area contributed by atoms with Crippen molar-refractivity contribution in [3.8, 4) is 0 Å². The van der Waals surface area contributed by atoms with Crippen LogP contribution in [0.2, 0.25) is 0 Å². The van der Waals surface area contributed by atoms with Crippen LogP contribution in [0.4, 0.5) is 0 Å². The largest absolute Gasteiger partial charge is 0.0937 e. The molecule has 0 aliphatic rings. The zero-order chi connectivity index (χ0) is 7.98. The van der Waals surface area contributed by atoms with E-state index in [-0.39, 0.29) is 0 Å². The number of nitrogens with zero attached hydrogens (tertiary/aromatic N) is 3. The molecule has 0 saturated heterocycles. The minimum atomic E-state index is 0.515. The molecular weight excluding hydrogens is 126 g/mol. The van der Waals surface area contributed by atoms with Crippen LogP contribution in [0.25, 0.3) is 10.4 Å². The molecule has 0 aromatic rings. The van der Waals surface area contributed by atoms with E-state index in [1.165, 1.54) is 0 Å². The molecule has 3 nitrogen and oxygen atoms in total. The smallest absolute Gasteiger partial charge is 0.0286 e. The molecule has 3 heteroatoms. The van der Waals surface area contributed by atoms with Crippen molar-refractivity contribution in [2.24, 2.45) is 17.0 Å². The minimum Gasteiger partial charge on any atom is -0.0937 e. The molecule has 10 heavy (non-hydrogen) atoms. The van der Waals surface area contributed by atoms with Gasteiger partial charge in [-0.3, -0.25) is 0 Å². The first-order valence-electron chi connectivity index (χ1n) is 3.73. The van der Waals surface area contributed by atoms with E-state index in [4.69, 9.17) is 5.53 Å². The molecule has 0 amide bonds. The van der Waals surface area contributed by atoms with Crippen LogP contribution < -0.4 is 0 Å². The van der Waals surface area contributed by atoms with Gasteiger partial charge in [0, 0.05) is 11.5 Å². The van der Waals surface area contributed by atoms with Crippen molar-refractivity contribution in [1.29, 1.82) is 0 Å². The summed E-state index contributed by atoms with van der Waals surface area (Å²) in [7, 11) is 0. The first-order chi connectivity index (χ1) is 4.72. The van der Waals surface area contributed by atoms with Crippen LogP contribution in [0, 0.1) is 11.8 Å². The van der Waals surface area contributed by atoms with Crippen LogP contribution in [0.3, 0.4) is 0 Å². The highest BCUT2D eigenvalue weighted by Gasteiger charge is 2.07. The third-order valence-electron chi connectivity index (χ3n) is 2.05. The minimum absolute atomic E-state index is 0.515. The number of hydrogen-bond donors (Lipinski definition) is 0. The molecule has 0 radical (unpaired) electrons. The van der Waals surface area contributed by atoms with Crippen molar-refractivity contribution in [3.63, 3.8) is 0 Å². The lowest BCUT2D eigenvalue weighted by molar-refractivity contribution is 0.385. The van der Waals surface area contributed by atoms with Crippen molar-refractivity contribution >= 4 is 0 Å². The highest BCUT2D eigenvalue weighted by atomic mass is 15.1. The van der Waals surface area contributed by atoms with Gasteiger partial charge < -0.3 is 0 Å². The molecule has 58 valence electrons. The average molecular weight is 141 g/mol. The Bertz CT molecular complexity index is 127. The van der Waals surface area contributed by atoms with Gasteiger partial charge >= 0.3 is 0 Å². The van der Waals surface area contributed by atoms with Gasteiger partial charge in [-0.1, -0.05) is 32.3 Å². The predicted molar refractivity (Wildman–Crippen MR) is 42.6 cm³/mol. The summed E-state index contributed by atoms with van der Waals surface area (Å²) >= 11 is 0. The Balaban J connectivity index is 3.60. The molecule has 0 bridgehead atoms. The summed E-state index contributed by atoms with van der Waals surface area (Å²) in [5.41, 5.74) is 8.03. The highest BCUT2D eigenvalue weighted by molar-refractivity contribution is 4.62. The van der Waals surface area contributed by atoms with Gasteiger partial charge in [-0.15, -0.1) is 0 Å². The summed E-state index contributed by atoms with van der Waals surface area (Å²) in [5, 5.41) is 3.52. The summed E-state index contributed by atoms with van der Waals surface area (Å²) in [6.45, 7) is 7.07. The zero-order valence-electron chi connectivity index (χ0n) is 6.91. The molecular formula is C7H15N3. The summed E-state index contributed by atoms with van der Waals surface area (Å²) < 4.78 is 0. The third kappa shape index (κ3) is 3.36. The van der Waals surface area contributed by atoms with Crippen LogP contribution in [-0.2, 0) is 0 Å². The topological polar surface area (TPSA) is 48.8 Å². The van der Waals surface area contributed by atoms with E-state index in [2.05, 4.69) is 30.8 Å². The lowest BCUT2D eigenvalue weighted by Crippen LogP contribution is -2.09. The first kappa shape index (κ1) is 9.31. The first-order valence-corrected chi connectivity index (χ1v) is 3.73. The lowest BCUT2D eigenvalue weighted by atomic mass is 9.94. The van der Waals surface area contributed by atoms with Gasteiger partial charge in [0.25, 0.3) is 0 Å². The van der Waals surface area contributed by atoms with Crippen LogP contribution in [0.5, 0.6) is 0 Å². The van der Waals surface area contributed by atoms with Gasteiger partial charge in [0.15, 0.2) is 0 Å². The number of hydrogen-bond acceptors (Lipinski definition) is 1. The van der Waals surface area contributed by atoms with Crippen LogP contribution in [-0.4, -0.2) is 6.54 Å². The molecule has 0 rings (SSSR count). The number of azide groups is 1. The molecule has 0 aliphatic heterocycles. The second-order valence-corrected chi connectivity index (χ2v) is 2.78. The molecule has 0 aliphatic carbocycles. The Labute approximate surface area is 62.1 Å². The lowest BCUT2D eigenvalue weighted by Gasteiger charge is -2.14. The molecule has 0 spiro atoms. The SMILES string of the molecule is CCC(C)C(C)CN=[N+]=[N-]. The maximum Gasteiger partial charge on any atom is 0.0286 e. The normalized spacial score (nSPS) is 15.5. The van der Waals surface area contributed by atoms with Gasteiger partial charge in [0.05, 0.1) is 0 Å². The number of rotatable bonds is 4. The van der Waals surface area contributed by atoms with Crippen LogP contribution in [0.15, 0.2) is 5.11 Å². The molecule has 0 fully saturated rings. The van der Waals surface area contributed by atoms with Crippen molar-refractivity contribution in [3.05, 3.63) is 10.4 Å². The van der Waals surface area contributed by atoms with Crippen molar-refractivity contribution in [1.82, 2.24) is 0 Å². The molecule has 2 atom stereocenters. The summed E-state index contributed by atoms with van der Waals surface area (Å²) in [5.74, 6) is 1.17. The monoisotopic (exact) mass is 141 g/mol. The Morgan fingerprint density at radius 3 is 2.40 bits per heavy atom. The van der Waals surface area contributed by atoms with E-state index < -0.39 is 0 Å². The van der Waals surface area contributed by atoms with E-state index in [0.29, 0.717) is 18.4 Å². The molecule has 2 unspecified atom stereocenters. The molecule has 0 saturated carbocycles. The molecule has 0 aromatic heterocycles. The maximum atomic E-state index is 8.03. The summed E-state index contributed by atoms with van der Waals surface area (Å²) in [6.07, 6.45) is 1.15. The summed E-state index contributed by atoms with van der Waals surface area (Å²) in [4.78, 5) is 2.72. The van der Waals surface area contributed by atoms with Gasteiger partial charge in [-0.2, -0.15) is 0 Å². The van der Waals surface area contributed by atoms with E-state index in [9.17, 15) is 0 Å². The second-order valence-electron chi connectivity index (χ2n) is 2.78. The third-order valence-corrected chi connectivity index (χ3v) is 2.05. The zero-order valence-corrected chi connectivity index (χ0v) is 6.91. The van der Waals surface area contributed by atoms with E-state index in [1.807, 2.05) is 0 Å². The molecule has 0 aromatic carbocycles. The standard InChI is InChI=1S/C7H15N3/c1-4-6(2)7(3)5-9-10-8/h6-7H,4-5H2,1-3H3. The van der Waals surface area contributed by atoms with Gasteiger partial charge in [0.1, 0.15) is 0 Å². The van der Waals surface area contributed by atoms with Crippen LogP contribution >= 0.6 is 0 Å². The predicted octanol–water partition coefficient (Wildman–Crippen LogP) is 2.98. The van der Waals surface area contributed by atoms with Gasteiger partial charge in [-0.25, -0.2) is 0 Å². The Morgan fingerprint density at radius 1 is 1.40 bits per heavy atom. The van der Waals surface area contributed by atoms with Crippen molar-refractivity contribution < 1.29 is 0 Å². The van der Waals surface area contributed by atoms with Crippen molar-refractivity contribution in [2.75, 3.05) is 6.54 Å². The van der Waals surface area contributed by atoms with E-state index >= 15 is 0 Å². The quantitative estimate of drug-likeness (QED) is 0.328. The highest BCUT2D eigenvalue weighted by Crippen LogP contribution is 2.14. The fourth-order valence-corrected chi connectivity index (χ4v) is 0.748. The average Bonchev–Trinajstić information content (AvgIpc) is 1.98. The molecule has 0 N–H and O–H groups in total. The Hall–Kier alpha value is -0.690. The maximum absolute atomic E-state index is 8.03. The Kier molecular flexibility index (Phi) is 4.77. The van der Waals surface area contributed by atoms with Gasteiger partial charge in [0.2, 0.25) is 0 Å². The second kappa shape index (κ2) is 5.12. The molecule has 0 heterocycles. The van der Waals surface area contributed by atoms with Gasteiger partial charge in [-0.05, 0) is 17.4 Å². The van der Waals surface area contributed by atoms with Crippen molar-refractivity contribution in [2.45, 2.75) is 27.2 Å². The fourth-order valence-electron chi connectivity index (χ4n) is 0.748. The van der Waals surface area contributed by atoms with E-state index in [0.717, 1.165) is 6.42 Å². The Morgan fingerprint density at radius 2 is 2.00 bits per heavy atom.